The van der Waals surface area contributed by atoms with Crippen LogP contribution in [0.25, 0.3) is 59.5 Å². The zero-order valence-corrected chi connectivity index (χ0v) is 22.0. The fraction of sp³-hybridized carbons (Fsp3) is 0.0909. The minimum Gasteiger partial charge on any atom is -0.290 e. The molecular weight excluding hydrogens is 508 g/mol. The van der Waals surface area contributed by atoms with Crippen molar-refractivity contribution in [1.29, 1.82) is 0 Å². The summed E-state index contributed by atoms with van der Waals surface area (Å²) in [5, 5.41) is 1.19. The zero-order valence-electron chi connectivity index (χ0n) is 21.2. The van der Waals surface area contributed by atoms with Gasteiger partial charge in [0.2, 0.25) is 11.9 Å². The van der Waals surface area contributed by atoms with Crippen molar-refractivity contribution in [3.05, 3.63) is 114 Å². The molecule has 0 saturated carbocycles. The molecule has 4 heterocycles. The Morgan fingerprint density at radius 2 is 1.41 bits per heavy atom. The van der Waals surface area contributed by atoms with Crippen molar-refractivity contribution >= 4 is 37.4 Å². The minimum absolute atomic E-state index is 0.293. The summed E-state index contributed by atoms with van der Waals surface area (Å²) in [5.74, 6) is -1.62. The van der Waals surface area contributed by atoms with Gasteiger partial charge < -0.3 is 0 Å². The molecule has 0 N–H and O–H groups in total. The monoisotopic (exact) mass is 529 g/mol. The molecule has 3 aromatic carbocycles. The van der Waals surface area contributed by atoms with Gasteiger partial charge in [-0.25, -0.2) is 4.98 Å². The zero-order chi connectivity index (χ0) is 26.5. The van der Waals surface area contributed by atoms with E-state index in [0.29, 0.717) is 11.1 Å². The molecule has 0 fully saturated rings. The highest BCUT2D eigenvalue weighted by atomic mass is 32.1. The first kappa shape index (κ1) is 22.6. The van der Waals surface area contributed by atoms with E-state index in [2.05, 4.69) is 84.0 Å². The van der Waals surface area contributed by atoms with Crippen molar-refractivity contribution in [3.63, 3.8) is 0 Å². The van der Waals surface area contributed by atoms with Crippen molar-refractivity contribution in [2.75, 3.05) is 0 Å². The Morgan fingerprint density at radius 3 is 2.21 bits per heavy atom. The highest BCUT2D eigenvalue weighted by Gasteiger charge is 2.36. The van der Waals surface area contributed by atoms with Gasteiger partial charge in [0.1, 0.15) is 16.0 Å². The number of halogens is 2. The van der Waals surface area contributed by atoms with Gasteiger partial charge in [0.15, 0.2) is 0 Å². The third kappa shape index (κ3) is 3.18. The number of thiophene rings is 1. The number of fused-ring (bicyclic) bond motifs is 8. The van der Waals surface area contributed by atoms with Gasteiger partial charge in [0, 0.05) is 27.3 Å². The molecule has 1 aliphatic rings. The van der Waals surface area contributed by atoms with Crippen molar-refractivity contribution in [3.8, 4) is 33.4 Å². The Morgan fingerprint density at radius 1 is 0.718 bits per heavy atom. The number of imidazole rings is 1. The molecular formula is C33H21F2N3S. The molecule has 188 valence electrons. The molecule has 0 bridgehead atoms. The third-order valence-corrected chi connectivity index (χ3v) is 9.22. The summed E-state index contributed by atoms with van der Waals surface area (Å²) in [4.78, 5) is 9.44. The molecule has 0 amide bonds. The number of hydrogen-bond acceptors (Lipinski definition) is 3. The van der Waals surface area contributed by atoms with E-state index in [9.17, 15) is 8.78 Å². The van der Waals surface area contributed by atoms with Crippen LogP contribution in [-0.4, -0.2) is 14.4 Å². The van der Waals surface area contributed by atoms with Crippen LogP contribution in [0.3, 0.4) is 0 Å². The van der Waals surface area contributed by atoms with Crippen LogP contribution < -0.4 is 0 Å². The fourth-order valence-corrected chi connectivity index (χ4v) is 7.16. The summed E-state index contributed by atoms with van der Waals surface area (Å²) >= 11 is 1.76. The highest BCUT2D eigenvalue weighted by Crippen LogP contribution is 2.50. The first-order valence-electron chi connectivity index (χ1n) is 12.8. The van der Waals surface area contributed by atoms with Crippen LogP contribution in [0.1, 0.15) is 25.0 Å². The third-order valence-electron chi connectivity index (χ3n) is 8.06. The van der Waals surface area contributed by atoms with E-state index in [1.54, 1.807) is 11.3 Å². The van der Waals surface area contributed by atoms with Crippen molar-refractivity contribution in [2.24, 2.45) is 0 Å². The van der Waals surface area contributed by atoms with Crippen LogP contribution in [-0.2, 0) is 5.41 Å². The Bertz CT molecular complexity index is 2140. The van der Waals surface area contributed by atoms with Crippen LogP contribution in [0, 0.1) is 11.9 Å². The molecule has 7 aromatic rings. The average molecular weight is 530 g/mol. The van der Waals surface area contributed by atoms with E-state index in [1.807, 2.05) is 18.2 Å². The molecule has 0 aliphatic heterocycles. The van der Waals surface area contributed by atoms with Crippen LogP contribution in [0.5, 0.6) is 0 Å². The molecule has 0 radical (unpaired) electrons. The van der Waals surface area contributed by atoms with Crippen LogP contribution in [0.15, 0.2) is 91.1 Å². The predicted octanol–water partition coefficient (Wildman–Crippen LogP) is 9.02. The van der Waals surface area contributed by atoms with Gasteiger partial charge >= 0.3 is 0 Å². The Hall–Kier alpha value is -4.42. The molecule has 4 aromatic heterocycles. The average Bonchev–Trinajstić information content (AvgIpc) is 3.55. The SMILES string of the molecule is CC1(C)c2cc(-c3ccc4nc5c6ccccc6sc5n4c3)ccc2-c2ccc(-c3ccc(F)nc3F)cc21. The molecule has 0 spiro atoms. The largest absolute Gasteiger partial charge is 0.290 e. The van der Waals surface area contributed by atoms with Gasteiger partial charge in [-0.05, 0) is 81.4 Å². The molecule has 1 aliphatic carbocycles. The summed E-state index contributed by atoms with van der Waals surface area (Å²) in [6.45, 7) is 4.40. The Balaban J connectivity index is 1.24. The maximum atomic E-state index is 14.5. The molecule has 8 rings (SSSR count). The van der Waals surface area contributed by atoms with Crippen molar-refractivity contribution < 1.29 is 8.78 Å². The van der Waals surface area contributed by atoms with Gasteiger partial charge in [-0.1, -0.05) is 56.3 Å². The van der Waals surface area contributed by atoms with E-state index in [1.165, 1.54) is 33.3 Å². The van der Waals surface area contributed by atoms with Gasteiger partial charge in [-0.3, -0.25) is 4.40 Å². The lowest BCUT2D eigenvalue weighted by Gasteiger charge is -2.22. The normalized spacial score (nSPS) is 13.8. The maximum absolute atomic E-state index is 14.5. The summed E-state index contributed by atoms with van der Waals surface area (Å²) in [6.07, 6.45) is 2.18. The summed E-state index contributed by atoms with van der Waals surface area (Å²) in [6, 6.07) is 27.8. The van der Waals surface area contributed by atoms with E-state index in [4.69, 9.17) is 4.98 Å². The molecule has 0 saturated heterocycles. The first-order chi connectivity index (χ1) is 18.9. The summed E-state index contributed by atoms with van der Waals surface area (Å²) in [5.41, 5.74) is 9.59. The lowest BCUT2D eigenvalue weighted by molar-refractivity contribution is 0.515. The van der Waals surface area contributed by atoms with Gasteiger partial charge in [0.05, 0.1) is 0 Å². The smallest absolute Gasteiger partial charge is 0.223 e. The quantitative estimate of drug-likeness (QED) is 0.209. The number of aromatic nitrogens is 3. The van der Waals surface area contributed by atoms with Gasteiger partial charge in [-0.15, -0.1) is 11.3 Å². The Kier molecular flexibility index (Phi) is 4.51. The van der Waals surface area contributed by atoms with Crippen molar-refractivity contribution in [1.82, 2.24) is 14.4 Å². The summed E-state index contributed by atoms with van der Waals surface area (Å²) < 4.78 is 31.3. The van der Waals surface area contributed by atoms with E-state index >= 15 is 0 Å². The molecule has 6 heteroatoms. The van der Waals surface area contributed by atoms with Crippen molar-refractivity contribution in [2.45, 2.75) is 19.3 Å². The van der Waals surface area contributed by atoms with E-state index in [0.717, 1.165) is 38.2 Å². The van der Waals surface area contributed by atoms with Gasteiger partial charge in [-0.2, -0.15) is 13.8 Å². The van der Waals surface area contributed by atoms with Gasteiger partial charge in [0.25, 0.3) is 0 Å². The second-order valence-electron chi connectivity index (χ2n) is 10.6. The minimum atomic E-state index is -0.820. The molecule has 0 unspecified atom stereocenters. The lowest BCUT2D eigenvalue weighted by atomic mass is 9.81. The van der Waals surface area contributed by atoms with Crippen LogP contribution in [0.2, 0.25) is 0 Å². The summed E-state index contributed by atoms with van der Waals surface area (Å²) in [7, 11) is 0. The van der Waals surface area contributed by atoms with E-state index < -0.39 is 11.9 Å². The standard InChI is InChI=1S/C33H21F2N3S/c1-33(2)25-15-18(20-9-14-29-37-30-24-5-3-4-6-27(24)39-32(30)38(29)17-20)7-10-22(25)23-11-8-19(16-26(23)33)21-12-13-28(34)36-31(21)35/h3-17H,1-2H3. The molecule has 39 heavy (non-hydrogen) atoms. The highest BCUT2D eigenvalue weighted by molar-refractivity contribution is 7.25. The van der Waals surface area contributed by atoms with Crippen LogP contribution in [0.4, 0.5) is 8.78 Å². The lowest BCUT2D eigenvalue weighted by Crippen LogP contribution is -2.15. The molecule has 3 nitrogen and oxygen atoms in total. The molecule has 0 atom stereocenters. The topological polar surface area (TPSA) is 30.2 Å². The maximum Gasteiger partial charge on any atom is 0.223 e. The first-order valence-corrected chi connectivity index (χ1v) is 13.6. The number of benzene rings is 3. The van der Waals surface area contributed by atoms with Crippen LogP contribution >= 0.6 is 11.3 Å². The fourth-order valence-electron chi connectivity index (χ4n) is 6.03. The Labute approximate surface area is 227 Å². The van der Waals surface area contributed by atoms with E-state index in [-0.39, 0.29) is 5.41 Å². The number of nitrogens with zero attached hydrogens (tertiary/aromatic N) is 3. The second-order valence-corrected chi connectivity index (χ2v) is 11.7. The predicted molar refractivity (Wildman–Crippen MR) is 154 cm³/mol. The number of rotatable bonds is 2. The second kappa shape index (κ2) is 7.80. The number of pyridine rings is 2. The number of hydrogen-bond donors (Lipinski definition) is 0.